The zero-order chi connectivity index (χ0) is 13.1. The first-order valence-corrected chi connectivity index (χ1v) is 6.50. The maximum Gasteiger partial charge on any atom is 0.339 e. The van der Waals surface area contributed by atoms with Gasteiger partial charge in [0.15, 0.2) is 0 Å². The Bertz CT molecular complexity index is 583. The number of hydrogen-bond donors (Lipinski definition) is 2. The first-order valence-electron chi connectivity index (χ1n) is 5.24. The number of benzene rings is 1. The number of aromatic nitrogens is 1. The lowest BCUT2D eigenvalue weighted by atomic mass is 10.2. The van der Waals surface area contributed by atoms with E-state index in [1.54, 1.807) is 18.2 Å². The normalized spacial score (nSPS) is 10.3. The molecule has 4 nitrogen and oxygen atoms in total. The second-order valence-corrected chi connectivity index (χ2v) is 5.05. The number of halogens is 1. The molecule has 1 aromatic carbocycles. The molecule has 0 spiro atoms. The lowest BCUT2D eigenvalue weighted by Gasteiger charge is -2.09. The van der Waals surface area contributed by atoms with E-state index in [0.717, 1.165) is 10.7 Å². The van der Waals surface area contributed by atoms with Crippen molar-refractivity contribution in [1.82, 2.24) is 4.98 Å². The fourth-order valence-corrected chi connectivity index (χ4v) is 2.51. The van der Waals surface area contributed by atoms with Crippen molar-refractivity contribution in [3.8, 4) is 0 Å². The Kier molecular flexibility index (Phi) is 3.84. The van der Waals surface area contributed by atoms with Crippen LogP contribution < -0.4 is 5.32 Å². The van der Waals surface area contributed by atoms with Gasteiger partial charge in [-0.2, -0.15) is 0 Å². The van der Waals surface area contributed by atoms with Crippen molar-refractivity contribution in [2.45, 2.75) is 13.5 Å². The molecule has 94 valence electrons. The summed E-state index contributed by atoms with van der Waals surface area (Å²) in [5.74, 6) is -1.04. The van der Waals surface area contributed by atoms with E-state index in [1.165, 1.54) is 11.3 Å². The first kappa shape index (κ1) is 12.9. The largest absolute Gasteiger partial charge is 0.478 e. The highest BCUT2D eigenvalue weighted by Crippen LogP contribution is 2.25. The molecule has 2 N–H and O–H groups in total. The zero-order valence-electron chi connectivity index (χ0n) is 9.61. The molecule has 1 heterocycles. The Labute approximate surface area is 113 Å². The number of nitrogens with zero attached hydrogens (tertiary/aromatic N) is 1. The fraction of sp³-hybridized carbons (Fsp3) is 0.167. The molecule has 6 heteroatoms. The molecule has 0 aliphatic heterocycles. The van der Waals surface area contributed by atoms with Crippen LogP contribution in [0.15, 0.2) is 23.6 Å². The monoisotopic (exact) mass is 282 g/mol. The Morgan fingerprint density at radius 2 is 2.33 bits per heavy atom. The molecule has 0 amide bonds. The summed E-state index contributed by atoms with van der Waals surface area (Å²) >= 11 is 7.41. The summed E-state index contributed by atoms with van der Waals surface area (Å²) in [7, 11) is 0. The number of anilines is 1. The molecule has 0 radical (unpaired) electrons. The van der Waals surface area contributed by atoms with Crippen molar-refractivity contribution >= 4 is 34.6 Å². The maximum atomic E-state index is 11.1. The number of nitrogens with one attached hydrogen (secondary N) is 1. The van der Waals surface area contributed by atoms with E-state index in [0.29, 0.717) is 12.2 Å². The van der Waals surface area contributed by atoms with Crippen LogP contribution in [-0.4, -0.2) is 16.1 Å². The highest BCUT2D eigenvalue weighted by Gasteiger charge is 2.14. The summed E-state index contributed by atoms with van der Waals surface area (Å²) in [5, 5.41) is 15.2. The summed E-state index contributed by atoms with van der Waals surface area (Å²) in [5.41, 5.74) is 1.55. The van der Waals surface area contributed by atoms with E-state index in [4.69, 9.17) is 16.7 Å². The van der Waals surface area contributed by atoms with Gasteiger partial charge in [-0.25, -0.2) is 9.78 Å². The summed E-state index contributed by atoms with van der Waals surface area (Å²) in [6.45, 7) is 2.40. The minimum absolute atomic E-state index is 0.0902. The standard InChI is InChI=1S/C12H11ClN2O2S/c1-7-6-18-10(15-7)5-14-9-4-2-3-8(13)11(9)12(16)17/h2-4,6,14H,5H2,1H3,(H,16,17). The maximum absolute atomic E-state index is 11.1. The molecule has 0 fully saturated rings. The van der Waals surface area contributed by atoms with Crippen molar-refractivity contribution in [3.05, 3.63) is 44.9 Å². The van der Waals surface area contributed by atoms with E-state index in [-0.39, 0.29) is 10.6 Å². The third-order valence-corrected chi connectivity index (χ3v) is 3.61. The van der Waals surface area contributed by atoms with Gasteiger partial charge in [-0.3, -0.25) is 0 Å². The summed E-state index contributed by atoms with van der Waals surface area (Å²) < 4.78 is 0. The third-order valence-electron chi connectivity index (χ3n) is 2.32. The van der Waals surface area contributed by atoms with E-state index < -0.39 is 5.97 Å². The number of aromatic carboxylic acids is 1. The van der Waals surface area contributed by atoms with E-state index in [9.17, 15) is 4.79 Å². The lowest BCUT2D eigenvalue weighted by molar-refractivity contribution is 0.0698. The predicted octanol–water partition coefficient (Wildman–Crippen LogP) is 3.42. The van der Waals surface area contributed by atoms with Crippen molar-refractivity contribution in [1.29, 1.82) is 0 Å². The van der Waals surface area contributed by atoms with Crippen molar-refractivity contribution in [2.24, 2.45) is 0 Å². The van der Waals surface area contributed by atoms with Crippen LogP contribution in [0, 0.1) is 6.92 Å². The molecule has 18 heavy (non-hydrogen) atoms. The Balaban J connectivity index is 2.19. The van der Waals surface area contributed by atoms with Crippen LogP contribution in [0.3, 0.4) is 0 Å². The lowest BCUT2D eigenvalue weighted by Crippen LogP contribution is -2.07. The number of carboxylic acids is 1. The number of hydrogen-bond acceptors (Lipinski definition) is 4. The second kappa shape index (κ2) is 5.37. The predicted molar refractivity (Wildman–Crippen MR) is 72.6 cm³/mol. The minimum Gasteiger partial charge on any atom is -0.478 e. The molecule has 0 saturated carbocycles. The van der Waals surface area contributed by atoms with Crippen LogP contribution in [-0.2, 0) is 6.54 Å². The summed E-state index contributed by atoms with van der Waals surface area (Å²) in [4.78, 5) is 15.4. The SMILES string of the molecule is Cc1csc(CNc2cccc(Cl)c2C(=O)O)n1. The van der Waals surface area contributed by atoms with Gasteiger partial charge in [0.1, 0.15) is 10.6 Å². The highest BCUT2D eigenvalue weighted by atomic mass is 35.5. The Morgan fingerprint density at radius 1 is 1.56 bits per heavy atom. The molecular weight excluding hydrogens is 272 g/mol. The Hall–Kier alpha value is -1.59. The fourth-order valence-electron chi connectivity index (χ4n) is 1.54. The number of rotatable bonds is 4. The van der Waals surface area contributed by atoms with Crippen molar-refractivity contribution < 1.29 is 9.90 Å². The number of carbonyl (C=O) groups is 1. The molecule has 1 aromatic heterocycles. The molecule has 0 unspecified atom stereocenters. The molecule has 0 bridgehead atoms. The van der Waals surface area contributed by atoms with Gasteiger partial charge >= 0.3 is 5.97 Å². The molecule has 2 aromatic rings. The van der Waals surface area contributed by atoms with Gasteiger partial charge in [-0.15, -0.1) is 11.3 Å². The molecule has 0 aliphatic carbocycles. The van der Waals surface area contributed by atoms with Crippen LogP contribution in [0.25, 0.3) is 0 Å². The van der Waals surface area contributed by atoms with Crippen LogP contribution in [0.2, 0.25) is 5.02 Å². The first-order chi connectivity index (χ1) is 8.58. The van der Waals surface area contributed by atoms with Crippen molar-refractivity contribution in [3.63, 3.8) is 0 Å². The number of aryl methyl sites for hydroxylation is 1. The average Bonchev–Trinajstić information content (AvgIpc) is 2.72. The smallest absolute Gasteiger partial charge is 0.339 e. The van der Waals surface area contributed by atoms with Crippen LogP contribution >= 0.6 is 22.9 Å². The quantitative estimate of drug-likeness (QED) is 0.902. The molecule has 0 saturated heterocycles. The topological polar surface area (TPSA) is 62.2 Å². The van der Waals surface area contributed by atoms with Gasteiger partial charge in [-0.1, -0.05) is 17.7 Å². The van der Waals surface area contributed by atoms with Crippen molar-refractivity contribution in [2.75, 3.05) is 5.32 Å². The van der Waals surface area contributed by atoms with Gasteiger partial charge in [-0.05, 0) is 19.1 Å². The molecule has 0 atom stereocenters. The average molecular weight is 283 g/mol. The van der Waals surface area contributed by atoms with E-state index in [2.05, 4.69) is 10.3 Å². The van der Waals surface area contributed by atoms with E-state index in [1.807, 2.05) is 12.3 Å². The zero-order valence-corrected chi connectivity index (χ0v) is 11.2. The molecular formula is C12H11ClN2O2S. The molecule has 2 rings (SSSR count). The number of carboxylic acid groups (broad SMARTS) is 1. The molecule has 0 aliphatic rings. The minimum atomic E-state index is -1.04. The van der Waals surface area contributed by atoms with Gasteiger partial charge in [0.05, 0.1) is 17.3 Å². The van der Waals surface area contributed by atoms with Gasteiger partial charge < -0.3 is 10.4 Å². The Morgan fingerprint density at radius 3 is 2.94 bits per heavy atom. The summed E-state index contributed by atoms with van der Waals surface area (Å²) in [6.07, 6.45) is 0. The number of thiazole rings is 1. The van der Waals surface area contributed by atoms with Gasteiger partial charge in [0.25, 0.3) is 0 Å². The van der Waals surface area contributed by atoms with Gasteiger partial charge in [0.2, 0.25) is 0 Å². The van der Waals surface area contributed by atoms with Crippen LogP contribution in [0.4, 0.5) is 5.69 Å². The van der Waals surface area contributed by atoms with Crippen LogP contribution in [0.1, 0.15) is 21.1 Å². The third kappa shape index (κ3) is 2.80. The van der Waals surface area contributed by atoms with E-state index >= 15 is 0 Å². The summed E-state index contributed by atoms with van der Waals surface area (Å²) in [6, 6.07) is 4.96. The van der Waals surface area contributed by atoms with Gasteiger partial charge in [0, 0.05) is 11.1 Å². The second-order valence-electron chi connectivity index (χ2n) is 3.70. The highest BCUT2D eigenvalue weighted by molar-refractivity contribution is 7.09. The van der Waals surface area contributed by atoms with Crippen LogP contribution in [0.5, 0.6) is 0 Å².